The molecule has 168 valence electrons. The first-order valence-electron chi connectivity index (χ1n) is 10.3. The van der Waals surface area contributed by atoms with Crippen molar-refractivity contribution in [3.63, 3.8) is 0 Å². The van der Waals surface area contributed by atoms with E-state index >= 15 is 0 Å². The number of rotatable bonds is 6. The minimum absolute atomic E-state index is 0.0388. The van der Waals surface area contributed by atoms with Crippen LogP contribution >= 0.6 is 0 Å². The van der Waals surface area contributed by atoms with E-state index in [1.165, 1.54) is 19.1 Å². The third kappa shape index (κ3) is 4.01. The summed E-state index contributed by atoms with van der Waals surface area (Å²) in [4.78, 5) is 28.3. The van der Waals surface area contributed by atoms with Gasteiger partial charge in [0.2, 0.25) is 5.43 Å². The van der Waals surface area contributed by atoms with Gasteiger partial charge in [0.1, 0.15) is 11.3 Å². The first kappa shape index (κ1) is 22.0. The van der Waals surface area contributed by atoms with E-state index in [-0.39, 0.29) is 11.0 Å². The first-order chi connectivity index (χ1) is 16.0. The van der Waals surface area contributed by atoms with Gasteiger partial charge in [-0.15, -0.1) is 0 Å². The Morgan fingerprint density at radius 2 is 1.48 bits per heavy atom. The van der Waals surface area contributed by atoms with Crippen molar-refractivity contribution in [3.05, 3.63) is 88.7 Å². The largest absolute Gasteiger partial charge is 0.497 e. The molecule has 4 rings (SSSR count). The average Bonchev–Trinajstić information content (AvgIpc) is 2.88. The normalized spacial score (nSPS) is 10.7. The predicted molar refractivity (Wildman–Crippen MR) is 128 cm³/mol. The van der Waals surface area contributed by atoms with Crippen molar-refractivity contribution in [2.45, 2.75) is 0 Å². The lowest BCUT2D eigenvalue weighted by atomic mass is 10.1. The summed E-state index contributed by atoms with van der Waals surface area (Å²) in [7, 11) is 6.28. The van der Waals surface area contributed by atoms with Crippen molar-refractivity contribution in [1.29, 1.82) is 0 Å². The molecule has 0 fully saturated rings. The Bertz CT molecular complexity index is 1360. The second-order valence-electron chi connectivity index (χ2n) is 7.36. The lowest BCUT2D eigenvalue weighted by Gasteiger charge is -2.20. The average molecular weight is 444 g/mol. The van der Waals surface area contributed by atoms with Gasteiger partial charge in [-0.05, 0) is 42.5 Å². The molecule has 7 nitrogen and oxygen atoms in total. The second kappa shape index (κ2) is 9.08. The zero-order valence-corrected chi connectivity index (χ0v) is 18.9. The molecule has 33 heavy (non-hydrogen) atoms. The summed E-state index contributed by atoms with van der Waals surface area (Å²) >= 11 is 0. The van der Waals surface area contributed by atoms with Gasteiger partial charge >= 0.3 is 0 Å². The number of carbonyl (C=O) groups excluding carboxylic acids is 1. The molecule has 7 heteroatoms. The molecule has 0 unspecified atom stereocenters. The maximum absolute atomic E-state index is 13.5. The Morgan fingerprint density at radius 3 is 2.09 bits per heavy atom. The van der Waals surface area contributed by atoms with Crippen LogP contribution in [0.4, 0.5) is 5.69 Å². The molecule has 0 saturated carbocycles. The first-order valence-corrected chi connectivity index (χ1v) is 10.3. The summed E-state index contributed by atoms with van der Waals surface area (Å²) in [5.74, 6) is 1.17. The number of carbonyl (C=O) groups is 1. The Morgan fingerprint density at radius 1 is 0.848 bits per heavy atom. The Kier molecular flexibility index (Phi) is 6.04. The Hall–Kier alpha value is -4.26. The zero-order valence-electron chi connectivity index (χ0n) is 18.9. The molecule has 1 amide bonds. The number of aromatic nitrogens is 1. The fourth-order valence-electron chi connectivity index (χ4n) is 3.71. The fraction of sp³-hybridized carbons (Fsp3) is 0.154. The van der Waals surface area contributed by atoms with E-state index in [0.717, 1.165) is 5.69 Å². The van der Waals surface area contributed by atoms with Crippen molar-refractivity contribution in [3.8, 4) is 22.9 Å². The standard InChI is InChI=1S/C26H24N2O5/c1-27(17-8-6-5-7-9-17)26(30)21-16-28(18-10-12-19(31-2)13-11-18)22-15-24(33-4)23(32-3)14-20(22)25(21)29/h5-16H,1-4H3. The lowest BCUT2D eigenvalue weighted by molar-refractivity contribution is 0.0991. The number of benzene rings is 3. The summed E-state index contributed by atoms with van der Waals surface area (Å²) in [5, 5.41) is 0.343. The quantitative estimate of drug-likeness (QED) is 0.444. The van der Waals surface area contributed by atoms with E-state index in [1.807, 2.05) is 54.6 Å². The molecule has 0 N–H and O–H groups in total. The number of fused-ring (bicyclic) bond motifs is 1. The van der Waals surface area contributed by atoms with Crippen molar-refractivity contribution in [2.24, 2.45) is 0 Å². The number of para-hydroxylation sites is 1. The van der Waals surface area contributed by atoms with Crippen LogP contribution in [-0.4, -0.2) is 38.9 Å². The van der Waals surface area contributed by atoms with Crippen LogP contribution in [0.2, 0.25) is 0 Å². The van der Waals surface area contributed by atoms with Crippen LogP contribution in [0.3, 0.4) is 0 Å². The maximum atomic E-state index is 13.5. The van der Waals surface area contributed by atoms with Crippen molar-refractivity contribution in [1.82, 2.24) is 4.57 Å². The van der Waals surface area contributed by atoms with Gasteiger partial charge in [-0.2, -0.15) is 0 Å². The molecule has 0 aliphatic rings. The van der Waals surface area contributed by atoms with E-state index < -0.39 is 5.91 Å². The summed E-state index contributed by atoms with van der Waals surface area (Å²) in [6.07, 6.45) is 1.57. The highest BCUT2D eigenvalue weighted by Gasteiger charge is 2.22. The molecule has 0 spiro atoms. The number of hydrogen-bond donors (Lipinski definition) is 0. The van der Waals surface area contributed by atoms with Gasteiger partial charge in [0.15, 0.2) is 11.5 Å². The van der Waals surface area contributed by atoms with Crippen LogP contribution in [-0.2, 0) is 0 Å². The van der Waals surface area contributed by atoms with E-state index in [2.05, 4.69) is 0 Å². The smallest absolute Gasteiger partial charge is 0.263 e. The molecule has 1 heterocycles. The third-order valence-corrected chi connectivity index (χ3v) is 5.54. The lowest BCUT2D eigenvalue weighted by Crippen LogP contribution is -2.31. The van der Waals surface area contributed by atoms with E-state index in [4.69, 9.17) is 14.2 Å². The van der Waals surface area contributed by atoms with Gasteiger partial charge in [0, 0.05) is 30.7 Å². The molecule has 3 aromatic carbocycles. The van der Waals surface area contributed by atoms with Crippen LogP contribution in [0.1, 0.15) is 10.4 Å². The zero-order chi connectivity index (χ0) is 23.5. The van der Waals surface area contributed by atoms with Gasteiger partial charge in [0.25, 0.3) is 5.91 Å². The van der Waals surface area contributed by atoms with Gasteiger partial charge in [-0.25, -0.2) is 0 Å². The molecule has 0 bridgehead atoms. The van der Waals surface area contributed by atoms with E-state index in [0.29, 0.717) is 33.8 Å². The van der Waals surface area contributed by atoms with Crippen LogP contribution in [0.15, 0.2) is 77.7 Å². The van der Waals surface area contributed by atoms with Gasteiger partial charge < -0.3 is 23.7 Å². The fourth-order valence-corrected chi connectivity index (χ4v) is 3.71. The second-order valence-corrected chi connectivity index (χ2v) is 7.36. The number of hydrogen-bond acceptors (Lipinski definition) is 5. The van der Waals surface area contributed by atoms with Gasteiger partial charge in [0.05, 0.1) is 32.2 Å². The molecular formula is C26H24N2O5. The highest BCUT2D eigenvalue weighted by Crippen LogP contribution is 2.32. The van der Waals surface area contributed by atoms with Crippen molar-refractivity contribution in [2.75, 3.05) is 33.3 Å². The Balaban J connectivity index is 1.98. The number of nitrogens with zero attached hydrogens (tertiary/aromatic N) is 2. The summed E-state index contributed by atoms with van der Waals surface area (Å²) in [6.45, 7) is 0. The molecule has 0 saturated heterocycles. The van der Waals surface area contributed by atoms with Crippen LogP contribution in [0.5, 0.6) is 17.2 Å². The number of amides is 1. The number of anilines is 1. The molecule has 4 aromatic rings. The number of ether oxygens (including phenoxy) is 3. The predicted octanol–water partition coefficient (Wildman–Crippen LogP) is 4.29. The van der Waals surface area contributed by atoms with Crippen LogP contribution in [0, 0.1) is 0 Å². The number of methoxy groups -OCH3 is 3. The van der Waals surface area contributed by atoms with Crippen LogP contribution < -0.4 is 24.5 Å². The number of pyridine rings is 1. The minimum atomic E-state index is -0.412. The SMILES string of the molecule is COc1ccc(-n2cc(C(=O)N(C)c3ccccc3)c(=O)c3cc(OC)c(OC)cc32)cc1. The molecule has 0 radical (unpaired) electrons. The van der Waals surface area contributed by atoms with Gasteiger partial charge in [-0.1, -0.05) is 18.2 Å². The molecule has 0 atom stereocenters. The highest BCUT2D eigenvalue weighted by molar-refractivity contribution is 6.07. The van der Waals surface area contributed by atoms with Crippen molar-refractivity contribution >= 4 is 22.5 Å². The van der Waals surface area contributed by atoms with Crippen molar-refractivity contribution < 1.29 is 19.0 Å². The topological polar surface area (TPSA) is 70.0 Å². The van der Waals surface area contributed by atoms with Gasteiger partial charge in [-0.3, -0.25) is 9.59 Å². The van der Waals surface area contributed by atoms with E-state index in [1.54, 1.807) is 37.1 Å². The van der Waals surface area contributed by atoms with E-state index in [9.17, 15) is 9.59 Å². The minimum Gasteiger partial charge on any atom is -0.497 e. The highest BCUT2D eigenvalue weighted by atomic mass is 16.5. The summed E-state index contributed by atoms with van der Waals surface area (Å²) in [5.41, 5.74) is 1.68. The summed E-state index contributed by atoms with van der Waals surface area (Å²) < 4.78 is 17.9. The monoisotopic (exact) mass is 444 g/mol. The molecule has 1 aromatic heterocycles. The summed E-state index contributed by atoms with van der Waals surface area (Å²) in [6, 6.07) is 19.9. The molecule has 0 aliphatic heterocycles. The van der Waals surface area contributed by atoms with Crippen LogP contribution in [0.25, 0.3) is 16.6 Å². The molecular weight excluding hydrogens is 420 g/mol. The maximum Gasteiger partial charge on any atom is 0.263 e. The molecule has 0 aliphatic carbocycles. The Labute approximate surface area is 191 Å². The third-order valence-electron chi connectivity index (χ3n) is 5.54.